The molecule has 5 heteroatoms. The van der Waals surface area contributed by atoms with Gasteiger partial charge in [0.2, 0.25) is 0 Å². The quantitative estimate of drug-likeness (QED) is 0.694. The molecule has 1 rings (SSSR count). The summed E-state index contributed by atoms with van der Waals surface area (Å²) in [6, 6.07) is 0.120. The van der Waals surface area contributed by atoms with Crippen molar-refractivity contribution in [2.24, 2.45) is 11.7 Å². The van der Waals surface area contributed by atoms with E-state index < -0.39 is 5.97 Å². The van der Waals surface area contributed by atoms with Crippen LogP contribution in [0.1, 0.15) is 25.7 Å². The molecule has 86 valence electrons. The molecule has 3 nitrogen and oxygen atoms in total. The number of alkyl halides is 2. The van der Waals surface area contributed by atoms with Crippen LogP contribution in [0.25, 0.3) is 0 Å². The molecule has 0 aromatic rings. The van der Waals surface area contributed by atoms with Crippen LogP contribution in [0.4, 0.5) is 8.78 Å². The van der Waals surface area contributed by atoms with Crippen molar-refractivity contribution in [2.45, 2.75) is 31.7 Å². The molecule has 0 amide bonds. The molecule has 2 atom stereocenters. The van der Waals surface area contributed by atoms with Gasteiger partial charge in [0, 0.05) is 6.04 Å². The van der Waals surface area contributed by atoms with E-state index in [9.17, 15) is 13.6 Å². The monoisotopic (exact) mass is 211 g/mol. The zero-order valence-corrected chi connectivity index (χ0v) is 8.67. The minimum absolute atomic E-state index is 0.120. The smallest absolute Gasteiger partial charge is 0.306 e. The minimum atomic E-state index is -0.685. The van der Waals surface area contributed by atoms with Gasteiger partial charge in [-0.1, -0.05) is 6.42 Å². The van der Waals surface area contributed by atoms with Crippen molar-refractivity contribution in [3.05, 3.63) is 0 Å². The van der Waals surface area contributed by atoms with Gasteiger partial charge in [-0.3, -0.25) is 13.6 Å². The summed E-state index contributed by atoms with van der Waals surface area (Å²) < 4.78 is 19.0. The second-order valence-corrected chi connectivity index (χ2v) is 2.96. The lowest BCUT2D eigenvalue weighted by Gasteiger charge is -2.22. The van der Waals surface area contributed by atoms with Crippen LogP contribution in [0.2, 0.25) is 0 Å². The maximum Gasteiger partial charge on any atom is 0.306 e. The van der Waals surface area contributed by atoms with Crippen molar-refractivity contribution in [3.8, 4) is 0 Å². The Morgan fingerprint density at radius 1 is 1.29 bits per heavy atom. The first-order valence-electron chi connectivity index (χ1n) is 4.44. The van der Waals surface area contributed by atoms with E-state index in [4.69, 9.17) is 10.8 Å². The third-order valence-corrected chi connectivity index (χ3v) is 2.06. The van der Waals surface area contributed by atoms with Gasteiger partial charge in [-0.15, -0.1) is 0 Å². The number of carboxylic acids is 1. The third-order valence-electron chi connectivity index (χ3n) is 2.06. The normalized spacial score (nSPS) is 24.9. The molecule has 3 N–H and O–H groups in total. The average Bonchev–Trinajstić information content (AvgIpc) is 2.24. The highest BCUT2D eigenvalue weighted by Gasteiger charge is 2.24. The number of hydrogen-bond donors (Lipinski definition) is 2. The largest absolute Gasteiger partial charge is 0.481 e. The lowest BCUT2D eigenvalue weighted by atomic mass is 9.86. The molecule has 0 aromatic carbocycles. The highest BCUT2D eigenvalue weighted by Crippen LogP contribution is 2.22. The molecule has 1 aliphatic carbocycles. The summed E-state index contributed by atoms with van der Waals surface area (Å²) in [6.45, 7) is 0. The molecule has 1 aliphatic rings. The summed E-state index contributed by atoms with van der Waals surface area (Å²) in [5, 5.41) is 8.60. The first kappa shape index (κ1) is 15.7. The second-order valence-electron chi connectivity index (χ2n) is 2.96. The first-order valence-corrected chi connectivity index (χ1v) is 4.44. The Morgan fingerprint density at radius 2 is 1.79 bits per heavy atom. The number of carboxylic acid groups (broad SMARTS) is 1. The van der Waals surface area contributed by atoms with E-state index in [0.29, 0.717) is 20.8 Å². The Kier molecular flexibility index (Phi) is 11.7. The molecule has 2 unspecified atom stereocenters. The standard InChI is InChI=1S/C7H13NO2.2CH3F/c8-6-3-1-2-5(4-6)7(9)10;2*1-2/h5-6H,1-4,8H2,(H,9,10);2*1H3. The van der Waals surface area contributed by atoms with Crippen molar-refractivity contribution in [1.29, 1.82) is 0 Å². The topological polar surface area (TPSA) is 63.3 Å². The van der Waals surface area contributed by atoms with Crippen LogP contribution in [0.15, 0.2) is 0 Å². The fourth-order valence-electron chi connectivity index (χ4n) is 1.45. The Morgan fingerprint density at radius 3 is 2.07 bits per heavy atom. The van der Waals surface area contributed by atoms with Gasteiger partial charge in [0.15, 0.2) is 0 Å². The molecule has 1 fully saturated rings. The van der Waals surface area contributed by atoms with Crippen LogP contribution in [0.3, 0.4) is 0 Å². The van der Waals surface area contributed by atoms with Crippen LogP contribution >= 0.6 is 0 Å². The molecule has 0 aliphatic heterocycles. The minimum Gasteiger partial charge on any atom is -0.481 e. The molecule has 0 bridgehead atoms. The molecule has 1 saturated carbocycles. The van der Waals surface area contributed by atoms with Crippen molar-refractivity contribution >= 4 is 5.97 Å². The maximum absolute atomic E-state index is 10.4. The highest BCUT2D eigenvalue weighted by molar-refractivity contribution is 5.70. The van der Waals surface area contributed by atoms with Gasteiger partial charge >= 0.3 is 5.97 Å². The molecular weight excluding hydrogens is 192 g/mol. The van der Waals surface area contributed by atoms with E-state index >= 15 is 0 Å². The van der Waals surface area contributed by atoms with Crippen LogP contribution in [-0.4, -0.2) is 31.5 Å². The number of halogens is 2. The van der Waals surface area contributed by atoms with Crippen molar-refractivity contribution in [2.75, 3.05) is 14.4 Å². The Balaban J connectivity index is 0. The molecule has 0 saturated heterocycles. The van der Waals surface area contributed by atoms with Gasteiger partial charge in [0.05, 0.1) is 20.3 Å². The van der Waals surface area contributed by atoms with Gasteiger partial charge in [-0.05, 0) is 19.3 Å². The summed E-state index contributed by atoms with van der Waals surface area (Å²) in [6.07, 6.45) is 3.43. The summed E-state index contributed by atoms with van der Waals surface area (Å²) in [4.78, 5) is 10.4. The molecule has 14 heavy (non-hydrogen) atoms. The van der Waals surface area contributed by atoms with Crippen LogP contribution in [-0.2, 0) is 4.79 Å². The van der Waals surface area contributed by atoms with Gasteiger partial charge in [0.25, 0.3) is 0 Å². The van der Waals surface area contributed by atoms with Crippen LogP contribution < -0.4 is 5.73 Å². The van der Waals surface area contributed by atoms with E-state index in [0.717, 1.165) is 19.3 Å². The van der Waals surface area contributed by atoms with E-state index in [1.807, 2.05) is 0 Å². The van der Waals surface area contributed by atoms with Crippen molar-refractivity contribution in [1.82, 2.24) is 0 Å². The maximum atomic E-state index is 10.4. The summed E-state index contributed by atoms with van der Waals surface area (Å²) >= 11 is 0. The molecule has 0 radical (unpaired) electrons. The third kappa shape index (κ3) is 6.77. The summed E-state index contributed by atoms with van der Waals surface area (Å²) in [7, 11) is 1.00. The fourth-order valence-corrected chi connectivity index (χ4v) is 1.45. The van der Waals surface area contributed by atoms with Gasteiger partial charge in [-0.25, -0.2) is 0 Å². The summed E-state index contributed by atoms with van der Waals surface area (Å²) in [5.41, 5.74) is 5.60. The van der Waals surface area contributed by atoms with Gasteiger partial charge < -0.3 is 10.8 Å². The summed E-state index contributed by atoms with van der Waals surface area (Å²) in [5.74, 6) is -0.862. The second kappa shape index (κ2) is 10.4. The molecule has 0 heterocycles. The Hall–Kier alpha value is -0.710. The zero-order chi connectivity index (χ0) is 11.6. The number of rotatable bonds is 1. The first-order chi connectivity index (χ1) is 6.70. The predicted octanol–water partition coefficient (Wildman–Crippen LogP) is 1.76. The predicted molar refractivity (Wildman–Crippen MR) is 51.6 cm³/mol. The average molecular weight is 211 g/mol. The lowest BCUT2D eigenvalue weighted by molar-refractivity contribution is -0.142. The van der Waals surface area contributed by atoms with Crippen LogP contribution in [0.5, 0.6) is 0 Å². The number of hydrogen-bond acceptors (Lipinski definition) is 2. The molecule has 0 aromatic heterocycles. The highest BCUT2D eigenvalue weighted by atomic mass is 19.1. The zero-order valence-electron chi connectivity index (χ0n) is 8.67. The van der Waals surface area contributed by atoms with Gasteiger partial charge in [0.1, 0.15) is 0 Å². The number of carbonyl (C=O) groups is 1. The fraction of sp³-hybridized carbons (Fsp3) is 0.889. The van der Waals surface area contributed by atoms with E-state index in [2.05, 4.69) is 0 Å². The SMILES string of the molecule is CF.CF.NC1CCCC(C(=O)O)C1. The number of aliphatic carboxylic acids is 1. The van der Waals surface area contributed by atoms with E-state index in [-0.39, 0.29) is 12.0 Å². The molecule has 0 spiro atoms. The Bertz CT molecular complexity index is 145. The van der Waals surface area contributed by atoms with Crippen molar-refractivity contribution < 1.29 is 18.7 Å². The van der Waals surface area contributed by atoms with E-state index in [1.54, 1.807) is 0 Å². The van der Waals surface area contributed by atoms with E-state index in [1.165, 1.54) is 0 Å². The Labute approximate surface area is 83.3 Å². The number of nitrogens with two attached hydrogens (primary N) is 1. The van der Waals surface area contributed by atoms with Crippen molar-refractivity contribution in [3.63, 3.8) is 0 Å². The van der Waals surface area contributed by atoms with Crippen LogP contribution in [0, 0.1) is 5.92 Å². The lowest BCUT2D eigenvalue weighted by Crippen LogP contribution is -2.31. The molecular formula is C9H19F2NO2. The van der Waals surface area contributed by atoms with Gasteiger partial charge in [-0.2, -0.15) is 0 Å².